The number of imidazole rings is 1. The normalized spacial score (nSPS) is 23.8. The highest BCUT2D eigenvalue weighted by Crippen LogP contribution is 2.52. The zero-order chi connectivity index (χ0) is 27.3. The summed E-state index contributed by atoms with van der Waals surface area (Å²) in [6.07, 6.45) is 4.21. The van der Waals surface area contributed by atoms with Crippen molar-refractivity contribution < 1.29 is 13.8 Å². The smallest absolute Gasteiger partial charge is 0.254 e. The zero-order valence-electron chi connectivity index (χ0n) is 22.8. The number of halogens is 1. The van der Waals surface area contributed by atoms with Crippen molar-refractivity contribution in [3.63, 3.8) is 0 Å². The van der Waals surface area contributed by atoms with Crippen LogP contribution in [-0.2, 0) is 4.57 Å². The number of benzene rings is 3. The molecule has 4 heterocycles. The van der Waals surface area contributed by atoms with E-state index in [0.29, 0.717) is 23.5 Å². The van der Waals surface area contributed by atoms with Crippen LogP contribution >= 0.6 is 7.14 Å². The first-order chi connectivity index (χ1) is 19.3. The van der Waals surface area contributed by atoms with E-state index in [1.165, 1.54) is 18.4 Å². The molecule has 1 aliphatic carbocycles. The van der Waals surface area contributed by atoms with Crippen LogP contribution in [0.2, 0.25) is 0 Å². The molecule has 1 saturated heterocycles. The Morgan fingerprint density at radius 1 is 0.950 bits per heavy atom. The summed E-state index contributed by atoms with van der Waals surface area (Å²) in [4.78, 5) is 22.6. The summed E-state index contributed by atoms with van der Waals surface area (Å²) < 4.78 is 31.4. The molecule has 2 fully saturated rings. The van der Waals surface area contributed by atoms with Crippen LogP contribution in [0.3, 0.4) is 0 Å². The number of hydrogen-bond acceptors (Lipinski definition) is 4. The Balaban J connectivity index is 1.24. The quantitative estimate of drug-likeness (QED) is 0.302. The average molecular weight is 555 g/mol. The highest BCUT2D eigenvalue weighted by molar-refractivity contribution is 7.71. The molecule has 40 heavy (non-hydrogen) atoms. The summed E-state index contributed by atoms with van der Waals surface area (Å²) in [5, 5.41) is 0.387. The van der Waals surface area contributed by atoms with Gasteiger partial charge in [0.2, 0.25) is 0 Å². The summed E-state index contributed by atoms with van der Waals surface area (Å²) in [5.74, 6) is 1.14. The largest absolute Gasteiger partial charge is 0.331 e. The molecule has 3 aromatic carbocycles. The Bertz CT molecular complexity index is 1760. The lowest BCUT2D eigenvalue weighted by Crippen LogP contribution is -2.34. The van der Waals surface area contributed by atoms with Crippen molar-refractivity contribution in [2.75, 3.05) is 39.5 Å². The van der Waals surface area contributed by atoms with Gasteiger partial charge < -0.3 is 18.9 Å². The first-order valence-corrected chi connectivity index (χ1v) is 16.4. The summed E-state index contributed by atoms with van der Waals surface area (Å²) in [6, 6.07) is 17.5. The lowest BCUT2D eigenvalue weighted by molar-refractivity contribution is 0.0734. The Labute approximate surface area is 233 Å². The molecule has 0 unspecified atom stereocenters. The summed E-state index contributed by atoms with van der Waals surface area (Å²) in [6.45, 7) is 1.46. The fourth-order valence-corrected chi connectivity index (χ4v) is 10.1. The van der Waals surface area contributed by atoms with E-state index in [9.17, 15) is 9.36 Å². The molecule has 4 aromatic rings. The van der Waals surface area contributed by atoms with Crippen molar-refractivity contribution in [2.45, 2.75) is 37.3 Å². The molecule has 1 saturated carbocycles. The van der Waals surface area contributed by atoms with Gasteiger partial charge in [-0.15, -0.1) is 0 Å². The summed E-state index contributed by atoms with van der Waals surface area (Å²) >= 11 is 0. The molecule has 8 rings (SSSR count). The lowest BCUT2D eigenvalue weighted by Gasteiger charge is -2.29. The van der Waals surface area contributed by atoms with Crippen molar-refractivity contribution in [2.24, 2.45) is 0 Å². The number of nitrogens with zero attached hydrogens (tertiary/aromatic N) is 4. The highest BCUT2D eigenvalue weighted by atomic mass is 31.2. The third kappa shape index (κ3) is 3.53. The van der Waals surface area contributed by atoms with Gasteiger partial charge in [0, 0.05) is 49.7 Å². The van der Waals surface area contributed by atoms with Crippen molar-refractivity contribution >= 4 is 29.4 Å². The van der Waals surface area contributed by atoms with E-state index in [1.54, 1.807) is 12.1 Å². The predicted molar refractivity (Wildman–Crippen MR) is 156 cm³/mol. The number of amides is 1. The van der Waals surface area contributed by atoms with Crippen molar-refractivity contribution in [1.29, 1.82) is 0 Å². The van der Waals surface area contributed by atoms with Crippen LogP contribution in [0.5, 0.6) is 0 Å². The van der Waals surface area contributed by atoms with Crippen LogP contribution in [0, 0.1) is 5.82 Å². The van der Waals surface area contributed by atoms with Crippen molar-refractivity contribution in [3.8, 4) is 11.1 Å². The molecule has 1 aromatic heterocycles. The van der Waals surface area contributed by atoms with Gasteiger partial charge in [0.05, 0.1) is 23.1 Å². The molecule has 1 amide bonds. The van der Waals surface area contributed by atoms with Gasteiger partial charge in [-0.25, -0.2) is 9.37 Å². The topological polar surface area (TPSA) is 58.4 Å². The van der Waals surface area contributed by atoms with Gasteiger partial charge in [-0.05, 0) is 78.4 Å². The molecule has 0 spiro atoms. The Hall–Kier alpha value is -3.28. The van der Waals surface area contributed by atoms with E-state index >= 15 is 4.39 Å². The maximum absolute atomic E-state index is 15.5. The standard InChI is InChI=1S/C32H32FN4O2P/c1-35-12-14-40(39,15-13-35)29-11-9-20(16-24(29)33)21-8-10-25-26(17-21)37-27-18-28(31(37)34-25)36(2)32(38)23-5-3-4-22(30(23)27)19-6-7-19/h3-5,8-11,16-17,19,27-28H,6-7,12-15,18H2,1-2H3/t27-,28-/m1/s1. The van der Waals surface area contributed by atoms with Crippen molar-refractivity contribution in [3.05, 3.63) is 82.9 Å². The fourth-order valence-electron chi connectivity index (χ4n) is 7.22. The van der Waals surface area contributed by atoms with E-state index < -0.39 is 7.14 Å². The van der Waals surface area contributed by atoms with Gasteiger partial charge in [0.25, 0.3) is 5.91 Å². The van der Waals surface area contributed by atoms with Crippen molar-refractivity contribution in [1.82, 2.24) is 19.4 Å². The number of hydrogen-bond donors (Lipinski definition) is 0. The summed E-state index contributed by atoms with van der Waals surface area (Å²) in [7, 11) is 1.19. The minimum absolute atomic E-state index is 0.0367. The van der Waals surface area contributed by atoms with E-state index in [1.807, 2.05) is 49.3 Å². The average Bonchev–Trinajstić information content (AvgIpc) is 3.67. The molecule has 8 heteroatoms. The third-order valence-electron chi connectivity index (χ3n) is 9.69. The van der Waals surface area contributed by atoms with Crippen LogP contribution in [0.15, 0.2) is 54.6 Å². The molecule has 2 atom stereocenters. The lowest BCUT2D eigenvalue weighted by atomic mass is 9.91. The molecule has 204 valence electrons. The Morgan fingerprint density at radius 2 is 1.70 bits per heavy atom. The van der Waals surface area contributed by atoms with E-state index in [2.05, 4.69) is 21.6 Å². The van der Waals surface area contributed by atoms with E-state index in [0.717, 1.165) is 58.6 Å². The second-order valence-corrected chi connectivity index (χ2v) is 15.3. The number of fused-ring (bicyclic) bond motifs is 9. The van der Waals surface area contributed by atoms with Crippen LogP contribution in [0.25, 0.3) is 22.2 Å². The maximum Gasteiger partial charge on any atom is 0.254 e. The van der Waals surface area contributed by atoms with Gasteiger partial charge >= 0.3 is 0 Å². The monoisotopic (exact) mass is 554 g/mol. The number of rotatable bonds is 3. The molecule has 3 aliphatic heterocycles. The number of carbonyl (C=O) groups is 1. The Morgan fingerprint density at radius 3 is 2.45 bits per heavy atom. The first-order valence-electron chi connectivity index (χ1n) is 14.3. The number of carbonyl (C=O) groups excluding carboxylic acids is 1. The molecule has 0 N–H and O–H groups in total. The van der Waals surface area contributed by atoms with Gasteiger partial charge in [0.15, 0.2) is 0 Å². The highest BCUT2D eigenvalue weighted by Gasteiger charge is 2.45. The SMILES string of the molecule is CN1CCP(=O)(c2ccc(-c3ccc4nc5n(c4c3)[C@@H]3C[C@H]5N(C)C(=O)c4cccc(C5CC5)c43)cc2F)CC1. The van der Waals surface area contributed by atoms with Crippen LogP contribution in [0.4, 0.5) is 4.39 Å². The Kier molecular flexibility index (Phi) is 5.28. The second kappa shape index (κ2) is 8.61. The van der Waals surface area contributed by atoms with Crippen LogP contribution in [-0.4, -0.2) is 64.8 Å². The third-order valence-corrected chi connectivity index (χ3v) is 12.8. The molecular formula is C32H32FN4O2P. The zero-order valence-corrected chi connectivity index (χ0v) is 23.7. The molecule has 6 nitrogen and oxygen atoms in total. The van der Waals surface area contributed by atoms with Gasteiger partial charge in [0.1, 0.15) is 18.8 Å². The minimum atomic E-state index is -2.72. The molecule has 0 radical (unpaired) electrons. The van der Waals surface area contributed by atoms with E-state index in [-0.39, 0.29) is 23.8 Å². The second-order valence-electron chi connectivity index (χ2n) is 12.1. The van der Waals surface area contributed by atoms with E-state index in [4.69, 9.17) is 4.98 Å². The minimum Gasteiger partial charge on any atom is -0.331 e. The first kappa shape index (κ1) is 24.5. The van der Waals surface area contributed by atoms with Crippen LogP contribution in [0.1, 0.15) is 64.6 Å². The maximum atomic E-state index is 15.5. The van der Waals surface area contributed by atoms with Gasteiger partial charge in [-0.1, -0.05) is 24.3 Å². The summed E-state index contributed by atoms with van der Waals surface area (Å²) in [5.41, 5.74) is 6.83. The predicted octanol–water partition coefficient (Wildman–Crippen LogP) is 5.77. The molecule has 2 bridgehead atoms. The number of aromatic nitrogens is 2. The molecule has 4 aliphatic rings. The fraction of sp³-hybridized carbons (Fsp3) is 0.375. The van der Waals surface area contributed by atoms with Gasteiger partial charge in [-0.2, -0.15) is 0 Å². The van der Waals surface area contributed by atoms with Crippen LogP contribution < -0.4 is 5.30 Å². The van der Waals surface area contributed by atoms with Gasteiger partial charge in [-0.3, -0.25) is 4.79 Å². The molecular weight excluding hydrogens is 522 g/mol.